The van der Waals surface area contributed by atoms with E-state index in [1.807, 2.05) is 37.4 Å². The first-order valence-corrected chi connectivity index (χ1v) is 11.7. The van der Waals surface area contributed by atoms with Crippen molar-refractivity contribution in [3.63, 3.8) is 0 Å². The van der Waals surface area contributed by atoms with E-state index in [0.717, 1.165) is 11.4 Å². The average molecular weight is 490 g/mol. The number of amides is 1. The van der Waals surface area contributed by atoms with Gasteiger partial charge in [-0.1, -0.05) is 18.2 Å². The normalized spacial score (nSPS) is 17.8. The van der Waals surface area contributed by atoms with Crippen molar-refractivity contribution in [2.75, 3.05) is 41.0 Å². The molecule has 1 aromatic heterocycles. The molecule has 0 spiro atoms. The summed E-state index contributed by atoms with van der Waals surface area (Å²) < 4.78 is 25.6. The summed E-state index contributed by atoms with van der Waals surface area (Å²) in [6.07, 6.45) is 2.21. The lowest BCUT2D eigenvalue weighted by molar-refractivity contribution is -0.158. The van der Waals surface area contributed by atoms with Crippen LogP contribution in [0.2, 0.25) is 0 Å². The Morgan fingerprint density at radius 1 is 1.23 bits per heavy atom. The minimum Gasteiger partial charge on any atom is -0.459 e. The minimum atomic E-state index is -0.674. The first-order valence-electron chi connectivity index (χ1n) is 11.7. The molecule has 0 saturated carbocycles. The Bertz CT molecular complexity index is 1040. The Hall–Kier alpha value is -2.92. The number of para-hydroxylation sites is 1. The molecule has 0 unspecified atom stereocenters. The molecule has 10 nitrogen and oxygen atoms in total. The van der Waals surface area contributed by atoms with Crippen molar-refractivity contribution in [3.8, 4) is 5.69 Å². The topological polar surface area (TPSA) is 104 Å². The van der Waals surface area contributed by atoms with Gasteiger partial charge in [0.25, 0.3) is 11.5 Å². The first kappa shape index (κ1) is 26.7. The van der Waals surface area contributed by atoms with Gasteiger partial charge in [-0.25, -0.2) is 4.68 Å². The number of aliphatic hydroxyl groups is 1. The second-order valence-electron chi connectivity index (χ2n) is 8.39. The molecular weight excluding hydrogens is 454 g/mol. The van der Waals surface area contributed by atoms with E-state index in [1.54, 1.807) is 28.6 Å². The van der Waals surface area contributed by atoms with E-state index in [-0.39, 0.29) is 36.3 Å². The third-order valence-corrected chi connectivity index (χ3v) is 5.95. The molecule has 2 heterocycles. The predicted octanol–water partition coefficient (Wildman–Crippen LogP) is 1.76. The molecule has 1 amide bonds. The second-order valence-corrected chi connectivity index (χ2v) is 8.39. The third-order valence-electron chi connectivity index (χ3n) is 5.95. The number of carbonyl (C=O) groups excluding carboxylic acids is 1. The van der Waals surface area contributed by atoms with Crippen LogP contribution >= 0.6 is 0 Å². The van der Waals surface area contributed by atoms with Crippen LogP contribution in [0.5, 0.6) is 0 Å². The van der Waals surface area contributed by atoms with Gasteiger partial charge in [0, 0.05) is 59.0 Å². The highest BCUT2D eigenvalue weighted by atomic mass is 16.7. The van der Waals surface area contributed by atoms with Crippen molar-refractivity contribution in [2.45, 2.75) is 37.8 Å². The molecule has 1 aliphatic rings. The molecule has 0 bridgehead atoms. The van der Waals surface area contributed by atoms with Crippen LogP contribution in [0.1, 0.15) is 30.9 Å². The monoisotopic (exact) mass is 489 g/mol. The van der Waals surface area contributed by atoms with Crippen LogP contribution in [0.15, 0.2) is 53.0 Å². The molecule has 1 aromatic carbocycles. The van der Waals surface area contributed by atoms with Gasteiger partial charge in [-0.2, -0.15) is 0 Å². The standard InChI is InChI=1S/C25H35N3O7/c1-26(17-24(32-3)33-4)25(31)21-14-18(15-23(35-21)34-13-9-8-12-29)20-16-22(30)28(27(20)2)19-10-6-5-7-11-19/h5-7,10-11,14,16,18,23-24,29H,8-9,12-13,15,17H2,1-4H3/t18-,23+/m1/s1. The van der Waals surface area contributed by atoms with Gasteiger partial charge >= 0.3 is 0 Å². The van der Waals surface area contributed by atoms with E-state index in [9.17, 15) is 9.59 Å². The lowest BCUT2D eigenvalue weighted by Crippen LogP contribution is -2.39. The van der Waals surface area contributed by atoms with Crippen LogP contribution < -0.4 is 5.56 Å². The number of rotatable bonds is 12. The molecular formula is C25H35N3O7. The van der Waals surface area contributed by atoms with Gasteiger partial charge in [-0.3, -0.25) is 14.3 Å². The molecule has 0 saturated heterocycles. The molecule has 1 N–H and O–H groups in total. The van der Waals surface area contributed by atoms with Crippen molar-refractivity contribution in [1.29, 1.82) is 0 Å². The molecule has 2 atom stereocenters. The number of unbranched alkanes of at least 4 members (excludes halogenated alkanes) is 1. The molecule has 0 radical (unpaired) electrons. The van der Waals surface area contributed by atoms with Crippen molar-refractivity contribution in [2.24, 2.45) is 7.05 Å². The lowest BCUT2D eigenvalue weighted by atomic mass is 9.97. The van der Waals surface area contributed by atoms with Gasteiger partial charge in [-0.05, 0) is 31.1 Å². The van der Waals surface area contributed by atoms with Crippen molar-refractivity contribution >= 4 is 5.91 Å². The fourth-order valence-electron chi connectivity index (χ4n) is 4.05. The van der Waals surface area contributed by atoms with Gasteiger partial charge < -0.3 is 29.0 Å². The SMILES string of the molecule is COC(CN(C)C(=O)C1=C[C@@H](c2cc(=O)n(-c3ccccc3)n2C)C[C@@H](OCCCCO)O1)OC. The van der Waals surface area contributed by atoms with E-state index >= 15 is 0 Å². The van der Waals surface area contributed by atoms with E-state index in [2.05, 4.69) is 0 Å². The lowest BCUT2D eigenvalue weighted by Gasteiger charge is -2.31. The summed E-state index contributed by atoms with van der Waals surface area (Å²) in [5.74, 6) is -0.491. The van der Waals surface area contributed by atoms with Gasteiger partial charge in [0.1, 0.15) is 0 Å². The Morgan fingerprint density at radius 2 is 1.94 bits per heavy atom. The number of methoxy groups -OCH3 is 2. The van der Waals surface area contributed by atoms with Crippen LogP contribution in [0.3, 0.4) is 0 Å². The van der Waals surface area contributed by atoms with E-state index in [0.29, 0.717) is 25.9 Å². The number of aromatic nitrogens is 2. The molecule has 0 aliphatic carbocycles. The van der Waals surface area contributed by atoms with E-state index in [4.69, 9.17) is 24.1 Å². The highest BCUT2D eigenvalue weighted by molar-refractivity contribution is 5.91. The number of aliphatic hydroxyl groups excluding tert-OH is 1. The quantitative estimate of drug-likeness (QED) is 0.358. The van der Waals surface area contributed by atoms with E-state index < -0.39 is 12.6 Å². The maximum absolute atomic E-state index is 13.2. The molecule has 192 valence electrons. The van der Waals surface area contributed by atoms with Gasteiger partial charge in [-0.15, -0.1) is 0 Å². The Morgan fingerprint density at radius 3 is 2.60 bits per heavy atom. The first-order chi connectivity index (χ1) is 16.9. The third kappa shape index (κ3) is 6.61. The average Bonchev–Trinajstić information content (AvgIpc) is 3.18. The summed E-state index contributed by atoms with van der Waals surface area (Å²) in [5.41, 5.74) is 1.33. The zero-order chi connectivity index (χ0) is 25.4. The zero-order valence-corrected chi connectivity index (χ0v) is 20.8. The molecule has 1 aliphatic heterocycles. The predicted molar refractivity (Wildman–Crippen MR) is 129 cm³/mol. The fourth-order valence-corrected chi connectivity index (χ4v) is 4.05. The highest BCUT2D eigenvalue weighted by Crippen LogP contribution is 2.32. The fraction of sp³-hybridized carbons (Fsp3) is 0.520. The summed E-state index contributed by atoms with van der Waals surface area (Å²) in [7, 11) is 6.47. The van der Waals surface area contributed by atoms with Gasteiger partial charge in [0.2, 0.25) is 6.29 Å². The maximum atomic E-state index is 13.2. The van der Waals surface area contributed by atoms with Crippen molar-refractivity contribution < 1.29 is 28.8 Å². The molecule has 35 heavy (non-hydrogen) atoms. The Labute approximate surface area is 205 Å². The van der Waals surface area contributed by atoms with Crippen LogP contribution in [0.4, 0.5) is 0 Å². The molecule has 2 aromatic rings. The smallest absolute Gasteiger partial charge is 0.288 e. The van der Waals surface area contributed by atoms with Crippen LogP contribution in [0, 0.1) is 0 Å². The molecule has 10 heteroatoms. The Balaban J connectivity index is 1.90. The Kier molecular flexibility index (Phi) is 9.67. The van der Waals surface area contributed by atoms with Crippen LogP contribution in [-0.4, -0.2) is 78.9 Å². The van der Waals surface area contributed by atoms with Crippen molar-refractivity contribution in [1.82, 2.24) is 14.3 Å². The number of allylic oxidation sites excluding steroid dienone is 1. The number of hydrogen-bond donors (Lipinski definition) is 1. The van der Waals surface area contributed by atoms with Crippen molar-refractivity contribution in [3.05, 3.63) is 64.3 Å². The summed E-state index contributed by atoms with van der Waals surface area (Å²) in [4.78, 5) is 27.5. The summed E-state index contributed by atoms with van der Waals surface area (Å²) >= 11 is 0. The number of nitrogens with zero attached hydrogens (tertiary/aromatic N) is 3. The van der Waals surface area contributed by atoms with Crippen LogP contribution in [0.25, 0.3) is 5.69 Å². The molecule has 3 rings (SSSR count). The number of hydrogen-bond acceptors (Lipinski definition) is 7. The summed E-state index contributed by atoms with van der Waals surface area (Å²) in [6.45, 7) is 0.679. The maximum Gasteiger partial charge on any atom is 0.288 e. The number of carbonyl (C=O) groups is 1. The minimum absolute atomic E-state index is 0.0845. The number of benzene rings is 1. The number of likely N-dealkylation sites (N-methyl/N-ethyl adjacent to an activating group) is 1. The largest absolute Gasteiger partial charge is 0.459 e. The zero-order valence-electron chi connectivity index (χ0n) is 20.8. The van der Waals surface area contributed by atoms with Gasteiger partial charge in [0.15, 0.2) is 12.0 Å². The summed E-state index contributed by atoms with van der Waals surface area (Å²) in [5, 5.41) is 9.03. The number of ether oxygens (including phenoxy) is 4. The highest BCUT2D eigenvalue weighted by Gasteiger charge is 2.32. The van der Waals surface area contributed by atoms with Gasteiger partial charge in [0.05, 0.1) is 18.8 Å². The molecule has 0 fully saturated rings. The van der Waals surface area contributed by atoms with Crippen LogP contribution in [-0.2, 0) is 30.8 Å². The summed E-state index contributed by atoms with van der Waals surface area (Å²) in [6, 6.07) is 11.0. The van der Waals surface area contributed by atoms with E-state index in [1.165, 1.54) is 19.1 Å². The second kappa shape index (κ2) is 12.7.